The van der Waals surface area contributed by atoms with E-state index >= 15 is 0 Å². The summed E-state index contributed by atoms with van der Waals surface area (Å²) in [5, 5.41) is 5.78. The highest BCUT2D eigenvalue weighted by molar-refractivity contribution is 7.91. The summed E-state index contributed by atoms with van der Waals surface area (Å²) in [5.41, 5.74) is 1.22. The summed E-state index contributed by atoms with van der Waals surface area (Å²) >= 11 is 0. The summed E-state index contributed by atoms with van der Waals surface area (Å²) < 4.78 is 22.8. The normalized spacial score (nSPS) is 19.2. The molecular weight excluding hydrogens is 272 g/mol. The molecule has 106 valence electrons. The molecule has 1 saturated heterocycles. The number of nitrogens with zero attached hydrogens (tertiary/aromatic N) is 1. The lowest BCUT2D eigenvalue weighted by atomic mass is 10.1. The van der Waals surface area contributed by atoms with Crippen molar-refractivity contribution in [2.45, 2.75) is 25.4 Å². The molecule has 5 heteroatoms. The zero-order valence-corrected chi connectivity index (χ0v) is 12.1. The van der Waals surface area contributed by atoms with E-state index in [1.165, 1.54) is 10.9 Å². The predicted octanol–water partition coefficient (Wildman–Crippen LogP) is 1.90. The molecule has 0 saturated carbocycles. The maximum atomic E-state index is 11.4. The quantitative estimate of drug-likeness (QED) is 0.938. The van der Waals surface area contributed by atoms with E-state index in [2.05, 4.69) is 28.5 Å². The third kappa shape index (κ3) is 3.16. The number of hydrogen-bond donors (Lipinski definition) is 1. The standard InChI is InChI=1S/C15H18N2O2S/c18-20(19)7-4-15(5-8-20)17-10-12-1-2-14-11-16-6-3-13(14)9-12/h1-3,6,9,11,15,17H,4-5,7-8,10H2. The van der Waals surface area contributed by atoms with Crippen LogP contribution in [-0.2, 0) is 16.4 Å². The average Bonchev–Trinajstić information content (AvgIpc) is 2.46. The van der Waals surface area contributed by atoms with Crippen LogP contribution in [0.3, 0.4) is 0 Å². The van der Waals surface area contributed by atoms with E-state index in [4.69, 9.17) is 0 Å². The van der Waals surface area contributed by atoms with Crippen LogP contribution < -0.4 is 5.32 Å². The number of rotatable bonds is 3. The Bertz CT molecular complexity index is 699. The Labute approximate surface area is 119 Å². The summed E-state index contributed by atoms with van der Waals surface area (Å²) in [6.45, 7) is 0.781. The molecule has 0 spiro atoms. The molecule has 0 atom stereocenters. The summed E-state index contributed by atoms with van der Waals surface area (Å²) in [7, 11) is -2.77. The van der Waals surface area contributed by atoms with Crippen LogP contribution in [0.4, 0.5) is 0 Å². The van der Waals surface area contributed by atoms with Crippen LogP contribution in [0.15, 0.2) is 36.7 Å². The van der Waals surface area contributed by atoms with Gasteiger partial charge in [0.05, 0.1) is 11.5 Å². The summed E-state index contributed by atoms with van der Waals surface area (Å²) in [5.74, 6) is 0.627. The van der Waals surface area contributed by atoms with Gasteiger partial charge in [-0.2, -0.15) is 0 Å². The molecule has 1 N–H and O–H groups in total. The lowest BCUT2D eigenvalue weighted by molar-refractivity contribution is 0.463. The van der Waals surface area contributed by atoms with E-state index in [0.717, 1.165) is 24.8 Å². The van der Waals surface area contributed by atoms with Crippen molar-refractivity contribution in [3.8, 4) is 0 Å². The van der Waals surface area contributed by atoms with Gasteiger partial charge in [0, 0.05) is 30.4 Å². The molecule has 0 amide bonds. The lowest BCUT2D eigenvalue weighted by Gasteiger charge is -2.23. The van der Waals surface area contributed by atoms with Crippen molar-refractivity contribution in [2.24, 2.45) is 0 Å². The SMILES string of the molecule is O=S1(=O)CCC(NCc2ccc3cnccc3c2)CC1. The van der Waals surface area contributed by atoms with Gasteiger partial charge in [0.2, 0.25) is 0 Å². The fraction of sp³-hybridized carbons (Fsp3) is 0.400. The van der Waals surface area contributed by atoms with E-state index in [0.29, 0.717) is 17.5 Å². The molecule has 1 aromatic heterocycles. The maximum Gasteiger partial charge on any atom is 0.150 e. The van der Waals surface area contributed by atoms with Crippen molar-refractivity contribution >= 4 is 20.6 Å². The highest BCUT2D eigenvalue weighted by atomic mass is 32.2. The topological polar surface area (TPSA) is 59.1 Å². The molecule has 0 unspecified atom stereocenters. The van der Waals surface area contributed by atoms with Crippen molar-refractivity contribution in [2.75, 3.05) is 11.5 Å². The first-order valence-corrected chi connectivity index (χ1v) is 8.71. The Balaban J connectivity index is 1.63. The third-order valence-electron chi connectivity index (χ3n) is 3.85. The number of fused-ring (bicyclic) bond motifs is 1. The number of sulfone groups is 1. The number of aromatic nitrogens is 1. The molecule has 1 aromatic carbocycles. The largest absolute Gasteiger partial charge is 0.310 e. The minimum absolute atomic E-state index is 0.312. The van der Waals surface area contributed by atoms with Crippen molar-refractivity contribution in [1.82, 2.24) is 10.3 Å². The first-order valence-electron chi connectivity index (χ1n) is 6.89. The van der Waals surface area contributed by atoms with Gasteiger partial charge in [0.15, 0.2) is 0 Å². The molecular formula is C15H18N2O2S. The second kappa shape index (κ2) is 5.50. The minimum Gasteiger partial charge on any atom is -0.310 e. The number of pyridine rings is 1. The van der Waals surface area contributed by atoms with Crippen LogP contribution in [0, 0.1) is 0 Å². The van der Waals surface area contributed by atoms with Crippen LogP contribution in [0.25, 0.3) is 10.8 Å². The highest BCUT2D eigenvalue weighted by Gasteiger charge is 2.22. The number of nitrogens with one attached hydrogen (secondary N) is 1. The van der Waals surface area contributed by atoms with Crippen molar-refractivity contribution in [3.63, 3.8) is 0 Å². The molecule has 1 fully saturated rings. The average molecular weight is 290 g/mol. The van der Waals surface area contributed by atoms with Crippen molar-refractivity contribution < 1.29 is 8.42 Å². The van der Waals surface area contributed by atoms with E-state index in [1.54, 1.807) is 6.20 Å². The molecule has 2 aromatic rings. The molecule has 0 radical (unpaired) electrons. The molecule has 1 aliphatic heterocycles. The predicted molar refractivity (Wildman–Crippen MR) is 80.3 cm³/mol. The highest BCUT2D eigenvalue weighted by Crippen LogP contribution is 2.16. The zero-order valence-electron chi connectivity index (χ0n) is 11.2. The Morgan fingerprint density at radius 3 is 2.75 bits per heavy atom. The first kappa shape index (κ1) is 13.5. The summed E-state index contributed by atoms with van der Waals surface area (Å²) in [6, 6.07) is 8.64. The van der Waals surface area contributed by atoms with Gasteiger partial charge in [0.25, 0.3) is 0 Å². The molecule has 2 heterocycles. The van der Waals surface area contributed by atoms with Crippen molar-refractivity contribution in [1.29, 1.82) is 0 Å². The van der Waals surface area contributed by atoms with E-state index in [-0.39, 0.29) is 0 Å². The monoisotopic (exact) mass is 290 g/mol. The fourth-order valence-electron chi connectivity index (χ4n) is 2.60. The van der Waals surface area contributed by atoms with Gasteiger partial charge >= 0.3 is 0 Å². The second-order valence-corrected chi connectivity index (χ2v) is 7.67. The molecule has 4 nitrogen and oxygen atoms in total. The number of hydrogen-bond acceptors (Lipinski definition) is 4. The third-order valence-corrected chi connectivity index (χ3v) is 5.57. The van der Waals surface area contributed by atoms with Crippen LogP contribution in [0.5, 0.6) is 0 Å². The molecule has 1 aliphatic rings. The molecule has 3 rings (SSSR count). The van der Waals surface area contributed by atoms with Gasteiger partial charge in [0.1, 0.15) is 9.84 Å². The van der Waals surface area contributed by atoms with E-state index in [1.807, 2.05) is 12.3 Å². The second-order valence-electron chi connectivity index (χ2n) is 5.36. The Morgan fingerprint density at radius 1 is 1.15 bits per heavy atom. The van der Waals surface area contributed by atoms with Crippen LogP contribution in [-0.4, -0.2) is 30.9 Å². The zero-order chi connectivity index (χ0) is 14.0. The Hall–Kier alpha value is -1.46. The van der Waals surface area contributed by atoms with Gasteiger partial charge < -0.3 is 5.32 Å². The number of benzene rings is 1. The van der Waals surface area contributed by atoms with Gasteiger partial charge in [-0.1, -0.05) is 12.1 Å². The van der Waals surface area contributed by atoms with Crippen LogP contribution in [0.1, 0.15) is 18.4 Å². The minimum atomic E-state index is -2.77. The maximum absolute atomic E-state index is 11.4. The van der Waals surface area contributed by atoms with Crippen molar-refractivity contribution in [3.05, 3.63) is 42.2 Å². The smallest absolute Gasteiger partial charge is 0.150 e. The van der Waals surface area contributed by atoms with Gasteiger partial charge in [-0.3, -0.25) is 4.98 Å². The van der Waals surface area contributed by atoms with E-state index < -0.39 is 9.84 Å². The lowest BCUT2D eigenvalue weighted by Crippen LogP contribution is -2.37. The van der Waals surface area contributed by atoms with Crippen LogP contribution in [0.2, 0.25) is 0 Å². The molecule has 0 aliphatic carbocycles. The van der Waals surface area contributed by atoms with Gasteiger partial charge in [-0.05, 0) is 35.9 Å². The van der Waals surface area contributed by atoms with E-state index in [9.17, 15) is 8.42 Å². The summed E-state index contributed by atoms with van der Waals surface area (Å²) in [6.07, 6.45) is 5.10. The van der Waals surface area contributed by atoms with Gasteiger partial charge in [-0.25, -0.2) is 8.42 Å². The fourth-order valence-corrected chi connectivity index (χ4v) is 4.09. The molecule has 20 heavy (non-hydrogen) atoms. The van der Waals surface area contributed by atoms with Gasteiger partial charge in [-0.15, -0.1) is 0 Å². The van der Waals surface area contributed by atoms with Crippen LogP contribution >= 0.6 is 0 Å². The summed E-state index contributed by atoms with van der Waals surface area (Å²) in [4.78, 5) is 4.10. The Kier molecular flexibility index (Phi) is 3.72. The first-order chi connectivity index (χ1) is 9.62. The Morgan fingerprint density at radius 2 is 1.95 bits per heavy atom. The molecule has 0 bridgehead atoms.